The van der Waals surface area contributed by atoms with E-state index in [0.29, 0.717) is 11.3 Å². The van der Waals surface area contributed by atoms with Crippen LogP contribution in [0.3, 0.4) is 0 Å². The molecule has 1 fully saturated rings. The summed E-state index contributed by atoms with van der Waals surface area (Å²) in [7, 11) is 2.02. The van der Waals surface area contributed by atoms with Crippen molar-refractivity contribution in [3.63, 3.8) is 0 Å². The largest absolute Gasteiger partial charge is 0.346 e. The second-order valence-electron chi connectivity index (χ2n) is 5.60. The molecule has 96 valence electrons. The Balaban J connectivity index is 2.04. The lowest BCUT2D eigenvalue weighted by atomic mass is 9.90. The minimum Gasteiger partial charge on any atom is -0.346 e. The first-order valence-electron chi connectivity index (χ1n) is 6.27. The number of hydrogen-bond donors (Lipinski definition) is 1. The molecule has 5 heteroatoms. The number of anilines is 1. The van der Waals surface area contributed by atoms with E-state index in [4.69, 9.17) is 0 Å². The fraction of sp³-hybridized carbons (Fsp3) is 0.833. The smallest absolute Gasteiger partial charge is 0.205 e. The summed E-state index contributed by atoms with van der Waals surface area (Å²) >= 11 is 1.54. The van der Waals surface area contributed by atoms with Crippen LogP contribution in [-0.4, -0.2) is 36.0 Å². The Morgan fingerprint density at radius 2 is 2.29 bits per heavy atom. The van der Waals surface area contributed by atoms with E-state index in [2.05, 4.69) is 40.3 Å². The average Bonchev–Trinajstić information content (AvgIpc) is 2.84. The zero-order valence-electron chi connectivity index (χ0n) is 11.2. The van der Waals surface area contributed by atoms with Gasteiger partial charge in [0.2, 0.25) is 5.13 Å². The molecule has 1 aromatic heterocycles. The lowest BCUT2D eigenvalue weighted by Gasteiger charge is -2.23. The van der Waals surface area contributed by atoms with Crippen LogP contribution in [0.4, 0.5) is 5.13 Å². The first-order valence-corrected chi connectivity index (χ1v) is 7.04. The molecular formula is C12H22N4S. The van der Waals surface area contributed by atoms with Crippen LogP contribution in [0.1, 0.15) is 38.9 Å². The number of aromatic nitrogens is 2. The standard InChI is InChI=1S/C12H22N4S/c1-9(2)10-14-11(17-15-10)16-6-5-12(3,8-16)7-13-4/h9,13H,5-8H2,1-4H3. The maximum atomic E-state index is 4.63. The summed E-state index contributed by atoms with van der Waals surface area (Å²) < 4.78 is 4.43. The van der Waals surface area contributed by atoms with Crippen LogP contribution in [-0.2, 0) is 0 Å². The summed E-state index contributed by atoms with van der Waals surface area (Å²) in [5.41, 5.74) is 0.373. The molecule has 0 spiro atoms. The summed E-state index contributed by atoms with van der Waals surface area (Å²) in [5.74, 6) is 1.40. The van der Waals surface area contributed by atoms with Crippen LogP contribution in [0.5, 0.6) is 0 Å². The van der Waals surface area contributed by atoms with Crippen molar-refractivity contribution in [3.05, 3.63) is 5.82 Å². The third-order valence-electron chi connectivity index (χ3n) is 3.38. The zero-order chi connectivity index (χ0) is 12.5. The van der Waals surface area contributed by atoms with Crippen molar-refractivity contribution >= 4 is 16.7 Å². The van der Waals surface area contributed by atoms with E-state index in [1.54, 1.807) is 0 Å². The van der Waals surface area contributed by atoms with Gasteiger partial charge in [0, 0.05) is 37.1 Å². The lowest BCUT2D eigenvalue weighted by molar-refractivity contribution is 0.356. The van der Waals surface area contributed by atoms with Gasteiger partial charge in [-0.1, -0.05) is 20.8 Å². The number of rotatable bonds is 4. The molecule has 1 saturated heterocycles. The zero-order valence-corrected chi connectivity index (χ0v) is 12.0. The Kier molecular flexibility index (Phi) is 3.68. The molecule has 1 aliphatic heterocycles. The van der Waals surface area contributed by atoms with Crippen molar-refractivity contribution in [2.45, 2.75) is 33.1 Å². The average molecular weight is 254 g/mol. The SMILES string of the molecule is CNCC1(C)CCN(c2nc(C(C)C)ns2)C1. The fourth-order valence-electron chi connectivity index (χ4n) is 2.35. The minimum atomic E-state index is 0.373. The van der Waals surface area contributed by atoms with E-state index in [1.807, 2.05) is 7.05 Å². The Morgan fingerprint density at radius 1 is 1.53 bits per heavy atom. The lowest BCUT2D eigenvalue weighted by Crippen LogP contribution is -2.33. The van der Waals surface area contributed by atoms with Crippen LogP contribution in [0.25, 0.3) is 0 Å². The van der Waals surface area contributed by atoms with Gasteiger partial charge in [-0.05, 0) is 18.9 Å². The van der Waals surface area contributed by atoms with Gasteiger partial charge in [0.05, 0.1) is 0 Å². The van der Waals surface area contributed by atoms with Gasteiger partial charge in [0.1, 0.15) is 5.82 Å². The number of hydrogen-bond acceptors (Lipinski definition) is 5. The topological polar surface area (TPSA) is 41.0 Å². The van der Waals surface area contributed by atoms with Crippen LogP contribution in [0.15, 0.2) is 0 Å². The minimum absolute atomic E-state index is 0.373. The molecule has 0 bridgehead atoms. The molecule has 1 unspecified atom stereocenters. The molecule has 0 amide bonds. The summed E-state index contributed by atoms with van der Waals surface area (Å²) in [5, 5.41) is 4.38. The fourth-order valence-corrected chi connectivity index (χ4v) is 3.18. The van der Waals surface area contributed by atoms with Crippen LogP contribution < -0.4 is 10.2 Å². The molecule has 0 aliphatic carbocycles. The van der Waals surface area contributed by atoms with Crippen molar-refractivity contribution in [3.8, 4) is 0 Å². The molecule has 17 heavy (non-hydrogen) atoms. The Morgan fingerprint density at radius 3 is 2.88 bits per heavy atom. The van der Waals surface area contributed by atoms with Crippen molar-refractivity contribution in [2.24, 2.45) is 5.41 Å². The molecule has 2 heterocycles. The van der Waals surface area contributed by atoms with Crippen molar-refractivity contribution < 1.29 is 0 Å². The van der Waals surface area contributed by atoms with E-state index >= 15 is 0 Å². The molecule has 0 radical (unpaired) electrons. The van der Waals surface area contributed by atoms with Gasteiger partial charge < -0.3 is 10.2 Å². The third-order valence-corrected chi connectivity index (χ3v) is 4.17. The predicted octanol–water partition coefficient (Wildman–Crippen LogP) is 2.10. The summed E-state index contributed by atoms with van der Waals surface area (Å²) in [4.78, 5) is 7.01. The van der Waals surface area contributed by atoms with E-state index in [1.165, 1.54) is 18.0 Å². The monoisotopic (exact) mass is 254 g/mol. The van der Waals surface area contributed by atoms with Crippen molar-refractivity contribution in [1.82, 2.24) is 14.7 Å². The molecule has 2 rings (SSSR count). The molecule has 0 aromatic carbocycles. The second kappa shape index (κ2) is 4.90. The van der Waals surface area contributed by atoms with Gasteiger partial charge >= 0.3 is 0 Å². The van der Waals surface area contributed by atoms with Gasteiger partial charge in [-0.2, -0.15) is 4.37 Å². The number of nitrogens with one attached hydrogen (secondary N) is 1. The van der Waals surface area contributed by atoms with E-state index < -0.39 is 0 Å². The predicted molar refractivity (Wildman–Crippen MR) is 72.9 cm³/mol. The van der Waals surface area contributed by atoms with E-state index in [0.717, 1.165) is 30.6 Å². The summed E-state index contributed by atoms with van der Waals surface area (Å²) in [6.07, 6.45) is 1.23. The summed E-state index contributed by atoms with van der Waals surface area (Å²) in [6, 6.07) is 0. The molecule has 1 aromatic rings. The second-order valence-corrected chi connectivity index (χ2v) is 6.33. The first-order chi connectivity index (χ1) is 8.04. The highest BCUT2D eigenvalue weighted by atomic mass is 32.1. The normalized spacial score (nSPS) is 24.9. The Bertz CT molecular complexity index is 376. The molecule has 1 N–H and O–H groups in total. The Hall–Kier alpha value is -0.680. The van der Waals surface area contributed by atoms with Gasteiger partial charge in [-0.15, -0.1) is 0 Å². The van der Waals surface area contributed by atoms with Crippen molar-refractivity contribution in [2.75, 3.05) is 31.6 Å². The molecule has 0 saturated carbocycles. The van der Waals surface area contributed by atoms with E-state index in [-0.39, 0.29) is 0 Å². The highest BCUT2D eigenvalue weighted by Crippen LogP contribution is 2.33. The molecule has 1 aliphatic rings. The molecule has 4 nitrogen and oxygen atoms in total. The van der Waals surface area contributed by atoms with Crippen LogP contribution in [0, 0.1) is 5.41 Å². The first kappa shape index (κ1) is 12.8. The van der Waals surface area contributed by atoms with Gasteiger partial charge in [-0.3, -0.25) is 0 Å². The highest BCUT2D eigenvalue weighted by molar-refractivity contribution is 7.09. The van der Waals surface area contributed by atoms with Crippen LogP contribution >= 0.6 is 11.5 Å². The number of nitrogens with zero attached hydrogens (tertiary/aromatic N) is 3. The maximum Gasteiger partial charge on any atom is 0.205 e. The van der Waals surface area contributed by atoms with Crippen LogP contribution in [0.2, 0.25) is 0 Å². The third kappa shape index (κ3) is 2.77. The molecule has 1 atom stereocenters. The molecular weight excluding hydrogens is 232 g/mol. The van der Waals surface area contributed by atoms with Gasteiger partial charge in [0.25, 0.3) is 0 Å². The van der Waals surface area contributed by atoms with Gasteiger partial charge in [-0.25, -0.2) is 4.98 Å². The van der Waals surface area contributed by atoms with Gasteiger partial charge in [0.15, 0.2) is 0 Å². The maximum absolute atomic E-state index is 4.63. The van der Waals surface area contributed by atoms with E-state index in [9.17, 15) is 0 Å². The Labute approximate surface area is 108 Å². The summed E-state index contributed by atoms with van der Waals surface area (Å²) in [6.45, 7) is 9.88. The quantitative estimate of drug-likeness (QED) is 0.893. The highest BCUT2D eigenvalue weighted by Gasteiger charge is 2.34. The van der Waals surface area contributed by atoms with Crippen molar-refractivity contribution in [1.29, 1.82) is 0 Å².